The normalized spacial score (nSPS) is 18.8. The Hall–Kier alpha value is -3.43. The Morgan fingerprint density at radius 1 is 1.32 bits per heavy atom. The van der Waals surface area contributed by atoms with Crippen LogP contribution in [0.1, 0.15) is 43.0 Å². The number of nitrogens with one attached hydrogen (secondary N) is 1. The van der Waals surface area contributed by atoms with E-state index in [-0.39, 0.29) is 35.4 Å². The van der Waals surface area contributed by atoms with E-state index < -0.39 is 17.3 Å². The maximum Gasteiger partial charge on any atom is 0.338 e. The number of fused-ring (bicyclic) bond motifs is 1. The summed E-state index contributed by atoms with van der Waals surface area (Å²) in [4.78, 5) is 36.5. The van der Waals surface area contributed by atoms with E-state index in [1.54, 1.807) is 18.1 Å². The smallest absolute Gasteiger partial charge is 0.338 e. The molecule has 1 atom stereocenters. The number of anilines is 4. The number of aromatic nitrogens is 2. The third kappa shape index (κ3) is 3.62. The van der Waals surface area contributed by atoms with Crippen molar-refractivity contribution in [3.63, 3.8) is 0 Å². The Labute approximate surface area is 178 Å². The molecule has 2 aromatic rings. The quantitative estimate of drug-likeness (QED) is 0.746. The number of ether oxygens (including phenoxy) is 1. The first-order chi connectivity index (χ1) is 14.8. The lowest BCUT2D eigenvalue weighted by Crippen LogP contribution is -2.54. The van der Waals surface area contributed by atoms with Crippen LogP contribution in [-0.2, 0) is 4.79 Å². The monoisotopic (exact) mass is 429 g/mol. The van der Waals surface area contributed by atoms with Crippen LogP contribution in [0.15, 0.2) is 18.3 Å². The number of hydrogen-bond acceptors (Lipinski definition) is 7. The van der Waals surface area contributed by atoms with Gasteiger partial charge >= 0.3 is 5.97 Å². The van der Waals surface area contributed by atoms with E-state index in [0.717, 1.165) is 37.8 Å². The van der Waals surface area contributed by atoms with Crippen LogP contribution in [-0.4, -0.2) is 53.2 Å². The van der Waals surface area contributed by atoms with Crippen molar-refractivity contribution in [2.45, 2.75) is 44.7 Å². The molecule has 0 radical (unpaired) electrons. The van der Waals surface area contributed by atoms with Crippen molar-refractivity contribution in [1.29, 1.82) is 0 Å². The summed E-state index contributed by atoms with van der Waals surface area (Å²) in [5, 5.41) is 12.0. The molecule has 31 heavy (non-hydrogen) atoms. The van der Waals surface area contributed by atoms with Crippen LogP contribution in [0.25, 0.3) is 0 Å². The van der Waals surface area contributed by atoms with Crippen LogP contribution >= 0.6 is 0 Å². The number of carbonyl (C=O) groups excluding carboxylic acids is 1. The average molecular weight is 429 g/mol. The molecule has 2 N–H and O–H groups in total. The molecule has 0 saturated heterocycles. The van der Waals surface area contributed by atoms with E-state index in [0.29, 0.717) is 11.5 Å². The van der Waals surface area contributed by atoms with Crippen LogP contribution in [0.4, 0.5) is 27.5 Å². The minimum absolute atomic E-state index is 0.0169. The highest BCUT2D eigenvalue weighted by Crippen LogP contribution is 2.39. The van der Waals surface area contributed by atoms with Gasteiger partial charge in [-0.2, -0.15) is 4.98 Å². The summed E-state index contributed by atoms with van der Waals surface area (Å²) in [7, 11) is 3.06. The van der Waals surface area contributed by atoms with Gasteiger partial charge in [0.1, 0.15) is 23.3 Å². The van der Waals surface area contributed by atoms with Crippen LogP contribution < -0.4 is 19.9 Å². The van der Waals surface area contributed by atoms with Gasteiger partial charge < -0.3 is 25.0 Å². The first-order valence-corrected chi connectivity index (χ1v) is 10.1. The van der Waals surface area contributed by atoms with E-state index in [2.05, 4.69) is 20.2 Å². The van der Waals surface area contributed by atoms with Gasteiger partial charge in [-0.25, -0.2) is 14.2 Å². The van der Waals surface area contributed by atoms with Crippen LogP contribution in [0.3, 0.4) is 0 Å². The van der Waals surface area contributed by atoms with Crippen molar-refractivity contribution < 1.29 is 23.8 Å². The molecule has 164 valence electrons. The van der Waals surface area contributed by atoms with Gasteiger partial charge in [-0.15, -0.1) is 0 Å². The van der Waals surface area contributed by atoms with E-state index in [1.807, 2.05) is 6.92 Å². The summed E-state index contributed by atoms with van der Waals surface area (Å²) in [6.45, 7) is 1.87. The lowest BCUT2D eigenvalue weighted by molar-refractivity contribution is -0.119. The Balaban J connectivity index is 1.73. The average Bonchev–Trinajstić information content (AvgIpc) is 3.26. The van der Waals surface area contributed by atoms with Crippen molar-refractivity contribution >= 4 is 35.0 Å². The number of carbonyl (C=O) groups is 2. The van der Waals surface area contributed by atoms with Gasteiger partial charge in [-0.3, -0.25) is 4.79 Å². The number of hydrogen-bond donors (Lipinski definition) is 2. The molecule has 2 aliphatic rings. The molecule has 1 saturated carbocycles. The fraction of sp³-hybridized carbons (Fsp3) is 0.429. The van der Waals surface area contributed by atoms with E-state index in [9.17, 15) is 14.0 Å². The fourth-order valence-corrected chi connectivity index (χ4v) is 4.33. The Kier molecular flexibility index (Phi) is 5.38. The molecule has 0 bridgehead atoms. The number of likely N-dealkylation sites (N-methyl/N-ethyl adjacent to an activating group) is 1. The third-order valence-corrected chi connectivity index (χ3v) is 5.95. The largest absolute Gasteiger partial charge is 0.495 e. The summed E-state index contributed by atoms with van der Waals surface area (Å²) in [5.74, 6) is -1.33. The van der Waals surface area contributed by atoms with Crippen LogP contribution in [0.5, 0.6) is 5.75 Å². The van der Waals surface area contributed by atoms with Gasteiger partial charge in [0.05, 0.1) is 24.6 Å². The molecule has 1 aliphatic heterocycles. The van der Waals surface area contributed by atoms with Gasteiger partial charge in [0.2, 0.25) is 11.9 Å². The number of methoxy groups -OCH3 is 1. The van der Waals surface area contributed by atoms with E-state index in [4.69, 9.17) is 9.84 Å². The van der Waals surface area contributed by atoms with Crippen molar-refractivity contribution in [1.82, 2.24) is 9.97 Å². The number of nitrogens with zero attached hydrogens (tertiary/aromatic N) is 4. The van der Waals surface area contributed by atoms with E-state index >= 15 is 0 Å². The third-order valence-electron chi connectivity index (χ3n) is 5.95. The fourth-order valence-electron chi connectivity index (χ4n) is 4.33. The van der Waals surface area contributed by atoms with Gasteiger partial charge in [-0.1, -0.05) is 12.8 Å². The minimum Gasteiger partial charge on any atom is -0.495 e. The molecule has 2 heterocycles. The zero-order valence-corrected chi connectivity index (χ0v) is 17.6. The van der Waals surface area contributed by atoms with Crippen LogP contribution in [0.2, 0.25) is 0 Å². The SMILES string of the molecule is COc1cc(C(=O)O)c(F)cc1Nc1ncc2c(n1)N(C1CCCC1)[C@H](C)C(=O)N2C. The second-order valence-electron chi connectivity index (χ2n) is 7.78. The predicted molar refractivity (Wildman–Crippen MR) is 113 cm³/mol. The molecule has 1 aliphatic carbocycles. The zero-order valence-electron chi connectivity index (χ0n) is 17.6. The summed E-state index contributed by atoms with van der Waals surface area (Å²) >= 11 is 0. The highest BCUT2D eigenvalue weighted by Gasteiger charge is 2.39. The summed E-state index contributed by atoms with van der Waals surface area (Å²) in [6, 6.07) is 2.01. The lowest BCUT2D eigenvalue weighted by Gasteiger charge is -2.42. The molecular formula is C21H24FN5O4. The molecule has 0 spiro atoms. The Bertz CT molecular complexity index is 1040. The Morgan fingerprint density at radius 3 is 2.68 bits per heavy atom. The first-order valence-electron chi connectivity index (χ1n) is 10.1. The molecule has 10 heteroatoms. The topological polar surface area (TPSA) is 108 Å². The summed E-state index contributed by atoms with van der Waals surface area (Å²) in [5.41, 5.74) is 0.320. The maximum absolute atomic E-state index is 14.2. The Morgan fingerprint density at radius 2 is 2.03 bits per heavy atom. The van der Waals surface area contributed by atoms with E-state index in [1.165, 1.54) is 7.11 Å². The number of amides is 1. The number of halogens is 1. The first kappa shape index (κ1) is 20.8. The standard InChI is InChI=1S/C21H24FN5O4/c1-11-19(28)26(2)16-10-23-21(25-18(16)27(11)12-6-4-5-7-12)24-15-9-14(22)13(20(29)30)8-17(15)31-3/h8-12H,4-7H2,1-3H3,(H,29,30)(H,23,24,25)/t11-/m1/s1. The molecule has 9 nitrogen and oxygen atoms in total. The highest BCUT2D eigenvalue weighted by molar-refractivity contribution is 6.04. The number of benzene rings is 1. The second-order valence-corrected chi connectivity index (χ2v) is 7.78. The van der Waals surface area contributed by atoms with Crippen molar-refractivity contribution in [2.75, 3.05) is 29.3 Å². The minimum atomic E-state index is -1.39. The van der Waals surface area contributed by atoms with Crippen LogP contribution in [0, 0.1) is 5.82 Å². The highest BCUT2D eigenvalue weighted by atomic mass is 19.1. The molecule has 1 amide bonds. The van der Waals surface area contributed by atoms with Crippen molar-refractivity contribution in [3.05, 3.63) is 29.7 Å². The predicted octanol–water partition coefficient (Wildman–Crippen LogP) is 3.18. The zero-order chi connectivity index (χ0) is 22.3. The molecular weight excluding hydrogens is 405 g/mol. The van der Waals surface area contributed by atoms with Gasteiger partial charge in [0.15, 0.2) is 5.82 Å². The number of carboxylic acids is 1. The molecule has 0 unspecified atom stereocenters. The van der Waals surface area contributed by atoms with Gasteiger partial charge in [0.25, 0.3) is 0 Å². The summed E-state index contributed by atoms with van der Waals surface area (Å²) < 4.78 is 19.5. The maximum atomic E-state index is 14.2. The summed E-state index contributed by atoms with van der Waals surface area (Å²) in [6.07, 6.45) is 5.75. The van der Waals surface area contributed by atoms with Crippen molar-refractivity contribution in [3.8, 4) is 5.75 Å². The molecule has 1 aromatic carbocycles. The van der Waals surface area contributed by atoms with Gasteiger partial charge in [0, 0.05) is 19.2 Å². The number of rotatable bonds is 5. The lowest BCUT2D eigenvalue weighted by atomic mass is 10.1. The number of aromatic carboxylic acids is 1. The molecule has 4 rings (SSSR count). The second kappa shape index (κ2) is 8.01. The van der Waals surface area contributed by atoms with Crippen molar-refractivity contribution in [2.24, 2.45) is 0 Å². The molecule has 1 fully saturated rings. The molecule has 1 aromatic heterocycles. The van der Waals surface area contributed by atoms with Gasteiger partial charge in [-0.05, 0) is 25.8 Å². The number of carboxylic acid groups (broad SMARTS) is 1.